The Morgan fingerprint density at radius 3 is 2.82 bits per heavy atom. The Bertz CT molecular complexity index is 373. The molecule has 96 valence electrons. The van der Waals surface area contributed by atoms with Crippen molar-refractivity contribution < 1.29 is 9.53 Å². The van der Waals surface area contributed by atoms with Gasteiger partial charge in [0.2, 0.25) is 0 Å². The number of aromatic nitrogens is 3. The van der Waals surface area contributed by atoms with Crippen LogP contribution < -0.4 is 0 Å². The second kappa shape index (κ2) is 7.79. The third-order valence-corrected chi connectivity index (χ3v) is 3.31. The van der Waals surface area contributed by atoms with Crippen LogP contribution in [0, 0.1) is 0 Å². The Morgan fingerprint density at radius 1 is 1.47 bits per heavy atom. The van der Waals surface area contributed by atoms with Gasteiger partial charge in [-0.05, 0) is 0 Å². The first kappa shape index (κ1) is 14.6. The second-order valence-electron chi connectivity index (χ2n) is 3.13. The number of carbonyl (C=O) groups is 1. The summed E-state index contributed by atoms with van der Waals surface area (Å²) in [4.78, 5) is 10.5. The van der Waals surface area contributed by atoms with Gasteiger partial charge in [0.1, 0.15) is 12.3 Å². The summed E-state index contributed by atoms with van der Waals surface area (Å²) in [5, 5.41) is 7.89. The molecule has 0 aliphatic carbocycles. The molecule has 0 aliphatic rings. The topological polar surface area (TPSA) is 57.0 Å². The zero-order valence-corrected chi connectivity index (χ0v) is 11.7. The van der Waals surface area contributed by atoms with Gasteiger partial charge in [-0.25, -0.2) is 4.68 Å². The zero-order chi connectivity index (χ0) is 12.7. The number of alkyl halides is 2. The molecule has 5 nitrogen and oxygen atoms in total. The summed E-state index contributed by atoms with van der Waals surface area (Å²) in [6.45, 7) is 1.79. The molecular weight excluding hydrogens is 285 g/mol. The van der Waals surface area contributed by atoms with E-state index in [1.165, 1.54) is 6.92 Å². The first-order chi connectivity index (χ1) is 8.19. The van der Waals surface area contributed by atoms with E-state index in [9.17, 15) is 4.79 Å². The van der Waals surface area contributed by atoms with Gasteiger partial charge in [-0.2, -0.15) is 0 Å². The molecule has 0 aliphatic heterocycles. The van der Waals surface area contributed by atoms with Gasteiger partial charge in [0.15, 0.2) is 0 Å². The van der Waals surface area contributed by atoms with Gasteiger partial charge in [-0.3, -0.25) is 4.79 Å². The molecule has 8 heteroatoms. The number of rotatable bonds is 7. The third kappa shape index (κ3) is 4.73. The highest BCUT2D eigenvalue weighted by Crippen LogP contribution is 2.14. The number of thioether (sulfide) groups is 1. The minimum Gasteiger partial charge on any atom is -0.465 e. The van der Waals surface area contributed by atoms with Crippen LogP contribution in [-0.2, 0) is 27.2 Å². The highest BCUT2D eigenvalue weighted by molar-refractivity contribution is 7.98. The average Bonchev–Trinajstić information content (AvgIpc) is 2.70. The molecule has 0 spiro atoms. The monoisotopic (exact) mass is 297 g/mol. The molecule has 0 saturated heterocycles. The van der Waals surface area contributed by atoms with Crippen molar-refractivity contribution in [3.8, 4) is 0 Å². The maximum absolute atomic E-state index is 10.5. The van der Waals surface area contributed by atoms with Crippen molar-refractivity contribution in [2.24, 2.45) is 0 Å². The molecule has 0 bridgehead atoms. The van der Waals surface area contributed by atoms with Crippen LogP contribution >= 0.6 is 35.0 Å². The quantitative estimate of drug-likeness (QED) is 0.438. The fourth-order valence-electron chi connectivity index (χ4n) is 1.12. The molecule has 17 heavy (non-hydrogen) atoms. The molecule has 0 N–H and O–H groups in total. The van der Waals surface area contributed by atoms with E-state index in [-0.39, 0.29) is 5.97 Å². The van der Waals surface area contributed by atoms with Gasteiger partial charge < -0.3 is 4.74 Å². The predicted octanol–water partition coefficient (Wildman–Crippen LogP) is 2.01. The Kier molecular flexibility index (Phi) is 6.69. The fraction of sp³-hybridized carbons (Fsp3) is 0.667. The summed E-state index contributed by atoms with van der Waals surface area (Å²) in [5.74, 6) is 1.70. The van der Waals surface area contributed by atoms with Gasteiger partial charge in [-0.1, -0.05) is 5.21 Å². The minimum atomic E-state index is -0.266. The Labute approximate surface area is 114 Å². The molecule has 0 radical (unpaired) electrons. The number of halogens is 2. The maximum atomic E-state index is 10.5. The van der Waals surface area contributed by atoms with E-state index < -0.39 is 0 Å². The van der Waals surface area contributed by atoms with Crippen molar-refractivity contribution >= 4 is 40.9 Å². The molecule has 0 atom stereocenters. The summed E-state index contributed by atoms with van der Waals surface area (Å²) in [7, 11) is 0. The Balaban J connectivity index is 2.36. The van der Waals surface area contributed by atoms with Gasteiger partial charge in [0.25, 0.3) is 0 Å². The number of hydrogen-bond donors (Lipinski definition) is 0. The average molecular weight is 298 g/mol. The molecule has 0 fully saturated rings. The first-order valence-electron chi connectivity index (χ1n) is 4.93. The first-order valence-corrected chi connectivity index (χ1v) is 7.15. The highest BCUT2D eigenvalue weighted by atomic mass is 35.5. The molecule has 1 heterocycles. The molecule has 1 aromatic rings. The van der Waals surface area contributed by atoms with E-state index in [0.717, 1.165) is 5.69 Å². The van der Waals surface area contributed by atoms with E-state index in [1.807, 2.05) is 0 Å². The minimum absolute atomic E-state index is 0.266. The van der Waals surface area contributed by atoms with Crippen LogP contribution in [0.5, 0.6) is 0 Å². The number of nitrogens with zero attached hydrogens (tertiary/aromatic N) is 3. The van der Waals surface area contributed by atoms with Crippen LogP contribution in [0.3, 0.4) is 0 Å². The number of carbonyl (C=O) groups excluding carboxylic acids is 1. The van der Waals surface area contributed by atoms with Crippen LogP contribution in [0.2, 0.25) is 0 Å². The molecule has 0 unspecified atom stereocenters. The normalized spacial score (nSPS) is 10.5. The predicted molar refractivity (Wildman–Crippen MR) is 68.2 cm³/mol. The van der Waals surface area contributed by atoms with Crippen molar-refractivity contribution in [1.29, 1.82) is 0 Å². The number of ether oxygens (including phenoxy) is 1. The van der Waals surface area contributed by atoms with Crippen molar-refractivity contribution in [2.45, 2.75) is 24.6 Å². The lowest BCUT2D eigenvalue weighted by Crippen LogP contribution is -2.06. The van der Waals surface area contributed by atoms with Gasteiger partial charge in [0, 0.05) is 12.7 Å². The van der Waals surface area contributed by atoms with Crippen molar-refractivity contribution in [3.63, 3.8) is 0 Å². The second-order valence-corrected chi connectivity index (χ2v) is 4.74. The Morgan fingerprint density at radius 2 is 2.24 bits per heavy atom. The van der Waals surface area contributed by atoms with Crippen LogP contribution in [0.25, 0.3) is 0 Å². The highest BCUT2D eigenvalue weighted by Gasteiger charge is 2.10. The number of esters is 1. The van der Waals surface area contributed by atoms with Crippen LogP contribution in [0.4, 0.5) is 0 Å². The van der Waals surface area contributed by atoms with E-state index >= 15 is 0 Å². The molecule has 1 rings (SSSR count). The van der Waals surface area contributed by atoms with Crippen LogP contribution in [0.1, 0.15) is 18.3 Å². The van der Waals surface area contributed by atoms with Gasteiger partial charge in [-0.15, -0.1) is 40.1 Å². The molecule has 1 aromatic heterocycles. The fourth-order valence-corrected chi connectivity index (χ4v) is 2.33. The number of hydrogen-bond acceptors (Lipinski definition) is 5. The maximum Gasteiger partial charge on any atom is 0.302 e. The van der Waals surface area contributed by atoms with Crippen molar-refractivity contribution in [3.05, 3.63) is 11.4 Å². The lowest BCUT2D eigenvalue weighted by atomic mass is 10.4. The SMILES string of the molecule is CC(=O)OCCSCn1nnc(CCl)c1CCl. The van der Waals surface area contributed by atoms with E-state index in [2.05, 4.69) is 10.3 Å². The van der Waals surface area contributed by atoms with Crippen LogP contribution in [0.15, 0.2) is 0 Å². The van der Waals surface area contributed by atoms with Crippen LogP contribution in [-0.4, -0.2) is 33.3 Å². The largest absolute Gasteiger partial charge is 0.465 e. The summed E-state index contributed by atoms with van der Waals surface area (Å²) in [6, 6.07) is 0. The summed E-state index contributed by atoms with van der Waals surface area (Å²) >= 11 is 13.1. The molecule has 0 saturated carbocycles. The summed E-state index contributed by atoms with van der Waals surface area (Å²) < 4.78 is 6.52. The smallest absolute Gasteiger partial charge is 0.302 e. The molecule has 0 amide bonds. The molecular formula is C9H13Cl2N3O2S. The lowest BCUT2D eigenvalue weighted by Gasteiger charge is -2.05. The van der Waals surface area contributed by atoms with E-state index in [1.54, 1.807) is 16.4 Å². The van der Waals surface area contributed by atoms with E-state index in [0.29, 0.717) is 35.7 Å². The van der Waals surface area contributed by atoms with Crippen molar-refractivity contribution in [2.75, 3.05) is 12.4 Å². The van der Waals surface area contributed by atoms with Gasteiger partial charge in [0.05, 0.1) is 23.3 Å². The summed E-state index contributed by atoms with van der Waals surface area (Å²) in [6.07, 6.45) is 0. The molecule has 0 aromatic carbocycles. The Hall–Kier alpha value is -0.460. The third-order valence-electron chi connectivity index (χ3n) is 1.92. The lowest BCUT2D eigenvalue weighted by molar-refractivity contribution is -0.140. The zero-order valence-electron chi connectivity index (χ0n) is 9.36. The van der Waals surface area contributed by atoms with E-state index in [4.69, 9.17) is 27.9 Å². The van der Waals surface area contributed by atoms with Crippen molar-refractivity contribution in [1.82, 2.24) is 15.0 Å². The van der Waals surface area contributed by atoms with Gasteiger partial charge >= 0.3 is 5.97 Å². The standard InChI is InChI=1S/C9H13Cl2N3O2S/c1-7(15)16-2-3-17-6-14-9(5-11)8(4-10)12-13-14/h2-6H2,1H3. The summed E-state index contributed by atoms with van der Waals surface area (Å²) in [5.41, 5.74) is 1.55.